The Morgan fingerprint density at radius 1 is 0.885 bits per heavy atom. The first kappa shape index (κ1) is 16.1. The van der Waals surface area contributed by atoms with Crippen LogP contribution in [0.25, 0.3) is 11.0 Å². The summed E-state index contributed by atoms with van der Waals surface area (Å²) in [6, 6.07) is 27.4. The second-order valence-corrected chi connectivity index (χ2v) is 6.19. The zero-order chi connectivity index (χ0) is 17.9. The van der Waals surface area contributed by atoms with Crippen LogP contribution in [0.4, 0.5) is 10.5 Å². The van der Waals surface area contributed by atoms with Crippen molar-refractivity contribution in [1.29, 1.82) is 0 Å². The lowest BCUT2D eigenvalue weighted by atomic mass is 10.1. The average molecular weight is 341 g/mol. The summed E-state index contributed by atoms with van der Waals surface area (Å²) in [7, 11) is 1.79. The first-order valence-corrected chi connectivity index (χ1v) is 8.57. The third-order valence-electron chi connectivity index (χ3n) is 4.46. The van der Waals surface area contributed by atoms with E-state index in [0.29, 0.717) is 6.42 Å². The quantitative estimate of drug-likeness (QED) is 0.540. The van der Waals surface area contributed by atoms with Gasteiger partial charge in [-0.1, -0.05) is 60.7 Å². The zero-order valence-electron chi connectivity index (χ0n) is 14.5. The van der Waals surface area contributed by atoms with Crippen molar-refractivity contribution >= 4 is 22.8 Å². The van der Waals surface area contributed by atoms with Gasteiger partial charge in [0.15, 0.2) is 0 Å². The van der Waals surface area contributed by atoms with Gasteiger partial charge >= 0.3 is 6.03 Å². The van der Waals surface area contributed by atoms with E-state index in [1.807, 2.05) is 72.8 Å². The van der Waals surface area contributed by atoms with Crippen LogP contribution in [0.5, 0.6) is 0 Å². The van der Waals surface area contributed by atoms with Gasteiger partial charge in [0.05, 0.1) is 11.0 Å². The third-order valence-corrected chi connectivity index (χ3v) is 4.46. The van der Waals surface area contributed by atoms with E-state index in [-0.39, 0.29) is 6.03 Å². The molecule has 0 aliphatic rings. The molecule has 1 aromatic heterocycles. The molecule has 0 spiro atoms. The number of para-hydroxylation sites is 3. The molecule has 0 saturated heterocycles. The number of imidazole rings is 1. The molecule has 3 aromatic carbocycles. The van der Waals surface area contributed by atoms with Crippen molar-refractivity contribution in [3.05, 3.63) is 96.3 Å². The molecule has 1 amide bonds. The number of fused-ring (bicyclic) bond motifs is 1. The lowest BCUT2D eigenvalue weighted by Gasteiger charge is -2.19. The minimum Gasteiger partial charge on any atom is -0.297 e. The predicted molar refractivity (Wildman–Crippen MR) is 105 cm³/mol. The van der Waals surface area contributed by atoms with E-state index in [0.717, 1.165) is 28.1 Å². The van der Waals surface area contributed by atoms with E-state index in [9.17, 15) is 4.79 Å². The minimum atomic E-state index is -0.115. The molecule has 0 aliphatic carbocycles. The third kappa shape index (κ3) is 2.97. The fourth-order valence-corrected chi connectivity index (χ4v) is 3.10. The second kappa shape index (κ2) is 6.84. The van der Waals surface area contributed by atoms with Gasteiger partial charge in [0.2, 0.25) is 0 Å². The van der Waals surface area contributed by atoms with E-state index in [4.69, 9.17) is 4.98 Å². The molecule has 0 N–H and O–H groups in total. The molecule has 4 heteroatoms. The lowest BCUT2D eigenvalue weighted by Crippen LogP contribution is -2.32. The SMILES string of the molecule is CN(C(=O)n1c(Cc2ccccc2)nc2ccccc21)c1ccccc1. The van der Waals surface area contributed by atoms with Gasteiger partial charge in [0, 0.05) is 19.2 Å². The molecule has 0 aliphatic heterocycles. The number of benzene rings is 3. The number of hydrogen-bond donors (Lipinski definition) is 0. The molecule has 0 atom stereocenters. The van der Waals surface area contributed by atoms with Crippen LogP contribution in [0, 0.1) is 0 Å². The largest absolute Gasteiger partial charge is 0.334 e. The van der Waals surface area contributed by atoms with Gasteiger partial charge < -0.3 is 0 Å². The summed E-state index contributed by atoms with van der Waals surface area (Å²) in [5.41, 5.74) is 3.62. The average Bonchev–Trinajstić information content (AvgIpc) is 3.06. The van der Waals surface area contributed by atoms with Crippen LogP contribution in [0.1, 0.15) is 11.4 Å². The highest BCUT2D eigenvalue weighted by Gasteiger charge is 2.20. The number of rotatable bonds is 3. The molecule has 0 bridgehead atoms. The van der Waals surface area contributed by atoms with Gasteiger partial charge in [-0.3, -0.25) is 4.90 Å². The maximum atomic E-state index is 13.3. The van der Waals surface area contributed by atoms with E-state index in [2.05, 4.69) is 12.1 Å². The highest BCUT2D eigenvalue weighted by Crippen LogP contribution is 2.21. The number of carbonyl (C=O) groups is 1. The van der Waals surface area contributed by atoms with Crippen LogP contribution in [0.3, 0.4) is 0 Å². The van der Waals surface area contributed by atoms with Gasteiger partial charge in [0.25, 0.3) is 0 Å². The van der Waals surface area contributed by atoms with Crippen LogP contribution in [-0.4, -0.2) is 22.6 Å². The van der Waals surface area contributed by atoms with Crippen molar-refractivity contribution in [2.45, 2.75) is 6.42 Å². The fraction of sp³-hybridized carbons (Fsp3) is 0.0909. The Bertz CT molecular complexity index is 1040. The molecule has 0 fully saturated rings. The molecular weight excluding hydrogens is 322 g/mol. The number of carbonyl (C=O) groups excluding carboxylic acids is 1. The molecule has 4 aromatic rings. The van der Waals surface area contributed by atoms with E-state index < -0.39 is 0 Å². The van der Waals surface area contributed by atoms with Crippen molar-refractivity contribution in [2.75, 3.05) is 11.9 Å². The minimum absolute atomic E-state index is 0.115. The molecule has 0 unspecified atom stereocenters. The van der Waals surface area contributed by atoms with E-state index >= 15 is 0 Å². The molecule has 0 saturated carbocycles. The maximum absolute atomic E-state index is 13.3. The smallest absolute Gasteiger partial charge is 0.297 e. The summed E-state index contributed by atoms with van der Waals surface area (Å²) in [6.45, 7) is 0. The highest BCUT2D eigenvalue weighted by atomic mass is 16.2. The predicted octanol–water partition coefficient (Wildman–Crippen LogP) is 4.73. The summed E-state index contributed by atoms with van der Waals surface area (Å²) in [6.07, 6.45) is 0.601. The van der Waals surface area contributed by atoms with Gasteiger partial charge in [-0.15, -0.1) is 0 Å². The Hall–Kier alpha value is -3.40. The van der Waals surface area contributed by atoms with Crippen molar-refractivity contribution in [1.82, 2.24) is 9.55 Å². The number of nitrogens with zero attached hydrogens (tertiary/aromatic N) is 3. The summed E-state index contributed by atoms with van der Waals surface area (Å²) in [4.78, 5) is 19.7. The fourth-order valence-electron chi connectivity index (χ4n) is 3.10. The number of hydrogen-bond acceptors (Lipinski definition) is 2. The van der Waals surface area contributed by atoms with Crippen LogP contribution in [0.2, 0.25) is 0 Å². The standard InChI is InChI=1S/C22H19N3O/c1-24(18-12-6-3-7-13-18)22(26)25-20-15-9-8-14-19(20)23-21(25)16-17-10-4-2-5-11-17/h2-15H,16H2,1H3. The molecule has 1 heterocycles. The molecular formula is C22H19N3O. The molecule has 26 heavy (non-hydrogen) atoms. The van der Waals surface area contributed by atoms with Gasteiger partial charge in [-0.05, 0) is 29.8 Å². The summed E-state index contributed by atoms with van der Waals surface area (Å²) in [5.74, 6) is 0.741. The number of aromatic nitrogens is 2. The van der Waals surface area contributed by atoms with Crippen molar-refractivity contribution in [3.63, 3.8) is 0 Å². The van der Waals surface area contributed by atoms with Crippen LogP contribution >= 0.6 is 0 Å². The molecule has 0 radical (unpaired) electrons. The maximum Gasteiger partial charge on any atom is 0.334 e. The van der Waals surface area contributed by atoms with Gasteiger partial charge in [0.1, 0.15) is 5.82 Å². The summed E-state index contributed by atoms with van der Waals surface area (Å²) in [5, 5.41) is 0. The summed E-state index contributed by atoms with van der Waals surface area (Å²) >= 11 is 0. The van der Waals surface area contributed by atoms with Crippen LogP contribution < -0.4 is 4.90 Å². The molecule has 128 valence electrons. The Labute approximate surface area is 152 Å². The number of amides is 1. The monoisotopic (exact) mass is 341 g/mol. The normalized spacial score (nSPS) is 10.8. The highest BCUT2D eigenvalue weighted by molar-refractivity contribution is 5.99. The zero-order valence-corrected chi connectivity index (χ0v) is 14.5. The molecule has 4 rings (SSSR count). The van der Waals surface area contributed by atoms with Gasteiger partial charge in [-0.25, -0.2) is 14.3 Å². The Balaban J connectivity index is 1.79. The Morgan fingerprint density at radius 3 is 2.23 bits per heavy atom. The van der Waals surface area contributed by atoms with Crippen molar-refractivity contribution in [3.8, 4) is 0 Å². The Kier molecular flexibility index (Phi) is 4.23. The second-order valence-electron chi connectivity index (χ2n) is 6.19. The first-order valence-electron chi connectivity index (χ1n) is 8.57. The van der Waals surface area contributed by atoms with Crippen molar-refractivity contribution < 1.29 is 4.79 Å². The van der Waals surface area contributed by atoms with Crippen LogP contribution in [0.15, 0.2) is 84.9 Å². The van der Waals surface area contributed by atoms with E-state index in [1.165, 1.54) is 0 Å². The first-order chi connectivity index (χ1) is 12.7. The van der Waals surface area contributed by atoms with Crippen molar-refractivity contribution in [2.24, 2.45) is 0 Å². The number of anilines is 1. The topological polar surface area (TPSA) is 38.1 Å². The lowest BCUT2D eigenvalue weighted by molar-refractivity contribution is 0.249. The Morgan fingerprint density at radius 2 is 1.50 bits per heavy atom. The van der Waals surface area contributed by atoms with Crippen LogP contribution in [-0.2, 0) is 6.42 Å². The summed E-state index contributed by atoms with van der Waals surface area (Å²) < 4.78 is 1.72. The molecule has 4 nitrogen and oxygen atoms in total. The van der Waals surface area contributed by atoms with Gasteiger partial charge in [-0.2, -0.15) is 0 Å². The van der Waals surface area contributed by atoms with E-state index in [1.54, 1.807) is 16.5 Å².